The Hall–Kier alpha value is -1.60. The highest BCUT2D eigenvalue weighted by Crippen LogP contribution is 2.26. The molecule has 0 aromatic heterocycles. The minimum absolute atomic E-state index is 0.0182. The van der Waals surface area contributed by atoms with Gasteiger partial charge in [-0.15, -0.1) is 0 Å². The Morgan fingerprint density at radius 3 is 2.29 bits per heavy atom. The van der Waals surface area contributed by atoms with E-state index in [1.54, 1.807) is 6.92 Å². The number of ether oxygens (including phenoxy) is 2. The van der Waals surface area contributed by atoms with E-state index in [4.69, 9.17) is 9.88 Å². The Morgan fingerprint density at radius 1 is 1.29 bits per heavy atom. The van der Waals surface area contributed by atoms with Crippen molar-refractivity contribution in [3.8, 4) is 5.75 Å². The Kier molecular flexibility index (Phi) is 3.74. The van der Waals surface area contributed by atoms with Crippen molar-refractivity contribution in [1.82, 2.24) is 0 Å². The number of esters is 1. The van der Waals surface area contributed by atoms with Crippen LogP contribution in [0, 0.1) is 6.92 Å². The fourth-order valence-electron chi connectivity index (χ4n) is 1.41. The Labute approximate surface area is 99.4 Å². The van der Waals surface area contributed by atoms with Crippen LogP contribution in [-0.4, -0.2) is 28.6 Å². The lowest BCUT2D eigenvalue weighted by Gasteiger charge is -2.10. The maximum atomic E-state index is 11.4. The largest absolute Gasteiger partial charge is 0.496 e. The Bertz CT molecular complexity index is 550. The molecular weight excluding hydrogens is 246 g/mol. The molecule has 0 unspecified atom stereocenters. The summed E-state index contributed by atoms with van der Waals surface area (Å²) >= 11 is 0. The van der Waals surface area contributed by atoms with E-state index in [9.17, 15) is 13.2 Å². The first-order chi connectivity index (χ1) is 7.81. The Balaban J connectivity index is 3.54. The molecule has 0 aliphatic heterocycles. The van der Waals surface area contributed by atoms with Gasteiger partial charge < -0.3 is 9.47 Å². The van der Waals surface area contributed by atoms with Crippen molar-refractivity contribution in [2.24, 2.45) is 5.14 Å². The van der Waals surface area contributed by atoms with Crippen molar-refractivity contribution >= 4 is 16.0 Å². The molecule has 0 radical (unpaired) electrons. The number of carbonyl (C=O) groups excluding carboxylic acids is 1. The fraction of sp³-hybridized carbons (Fsp3) is 0.300. The third kappa shape index (κ3) is 2.75. The molecule has 2 N–H and O–H groups in total. The van der Waals surface area contributed by atoms with Gasteiger partial charge in [0.2, 0.25) is 10.0 Å². The zero-order valence-electron chi connectivity index (χ0n) is 9.68. The summed E-state index contributed by atoms with van der Waals surface area (Å²) in [7, 11) is -1.32. The summed E-state index contributed by atoms with van der Waals surface area (Å²) < 4.78 is 32.1. The van der Waals surface area contributed by atoms with Crippen LogP contribution in [0.3, 0.4) is 0 Å². The molecule has 17 heavy (non-hydrogen) atoms. The van der Waals surface area contributed by atoms with Gasteiger partial charge in [-0.05, 0) is 24.6 Å². The highest BCUT2D eigenvalue weighted by Gasteiger charge is 2.20. The van der Waals surface area contributed by atoms with Crippen LogP contribution in [0.25, 0.3) is 0 Å². The van der Waals surface area contributed by atoms with E-state index in [0.29, 0.717) is 5.56 Å². The highest BCUT2D eigenvalue weighted by atomic mass is 32.2. The average molecular weight is 259 g/mol. The number of benzene rings is 1. The minimum atomic E-state index is -3.89. The van der Waals surface area contributed by atoms with Gasteiger partial charge >= 0.3 is 5.97 Å². The molecule has 94 valence electrons. The zero-order valence-corrected chi connectivity index (χ0v) is 10.5. The fourth-order valence-corrected chi connectivity index (χ4v) is 2.20. The van der Waals surface area contributed by atoms with E-state index in [2.05, 4.69) is 4.74 Å². The molecule has 7 heteroatoms. The van der Waals surface area contributed by atoms with Crippen LogP contribution in [0.2, 0.25) is 0 Å². The van der Waals surface area contributed by atoms with Gasteiger partial charge in [-0.1, -0.05) is 0 Å². The van der Waals surface area contributed by atoms with E-state index in [0.717, 1.165) is 6.07 Å². The first-order valence-corrected chi connectivity index (χ1v) is 6.15. The van der Waals surface area contributed by atoms with E-state index >= 15 is 0 Å². The van der Waals surface area contributed by atoms with E-state index < -0.39 is 16.0 Å². The van der Waals surface area contributed by atoms with Gasteiger partial charge in [0.15, 0.2) is 0 Å². The van der Waals surface area contributed by atoms with Gasteiger partial charge in [0.05, 0.1) is 19.1 Å². The second-order valence-electron chi connectivity index (χ2n) is 3.35. The quantitative estimate of drug-likeness (QED) is 0.794. The number of aryl methyl sites for hydroxylation is 1. The summed E-state index contributed by atoms with van der Waals surface area (Å²) in [6, 6.07) is 2.57. The summed E-state index contributed by atoms with van der Waals surface area (Å²) in [5, 5.41) is 5.04. The third-order valence-electron chi connectivity index (χ3n) is 2.21. The SMILES string of the molecule is COC(=O)c1cc(S(N)(=O)=O)c(C)cc1OC. The van der Waals surface area contributed by atoms with Crippen LogP contribution in [0.5, 0.6) is 5.75 Å². The van der Waals surface area contributed by atoms with Crippen molar-refractivity contribution in [2.75, 3.05) is 14.2 Å². The molecule has 1 aromatic rings. The molecule has 0 saturated heterocycles. The number of hydrogen-bond acceptors (Lipinski definition) is 5. The Morgan fingerprint density at radius 2 is 1.88 bits per heavy atom. The second-order valence-corrected chi connectivity index (χ2v) is 4.88. The van der Waals surface area contributed by atoms with Crippen LogP contribution in [0.15, 0.2) is 17.0 Å². The van der Waals surface area contributed by atoms with Gasteiger partial charge in [0, 0.05) is 0 Å². The smallest absolute Gasteiger partial charge is 0.341 e. The van der Waals surface area contributed by atoms with Crippen LogP contribution in [0.1, 0.15) is 15.9 Å². The van der Waals surface area contributed by atoms with Gasteiger partial charge in [-0.2, -0.15) is 0 Å². The molecule has 0 bridgehead atoms. The predicted molar refractivity (Wildman–Crippen MR) is 60.4 cm³/mol. The summed E-state index contributed by atoms with van der Waals surface area (Å²) in [4.78, 5) is 11.3. The number of hydrogen-bond donors (Lipinski definition) is 1. The topological polar surface area (TPSA) is 95.7 Å². The van der Waals surface area contributed by atoms with Crippen LogP contribution >= 0.6 is 0 Å². The molecule has 0 aliphatic rings. The predicted octanol–water partition coefficient (Wildman–Crippen LogP) is 0.438. The maximum Gasteiger partial charge on any atom is 0.341 e. The van der Waals surface area contributed by atoms with Crippen molar-refractivity contribution in [3.05, 3.63) is 23.3 Å². The molecule has 0 atom stereocenters. The maximum absolute atomic E-state index is 11.4. The minimum Gasteiger partial charge on any atom is -0.496 e. The normalized spacial score (nSPS) is 11.1. The number of methoxy groups -OCH3 is 2. The molecule has 0 aliphatic carbocycles. The van der Waals surface area contributed by atoms with Crippen molar-refractivity contribution < 1.29 is 22.7 Å². The van der Waals surface area contributed by atoms with Crippen molar-refractivity contribution in [2.45, 2.75) is 11.8 Å². The van der Waals surface area contributed by atoms with Gasteiger partial charge in [-0.25, -0.2) is 18.4 Å². The highest BCUT2D eigenvalue weighted by molar-refractivity contribution is 7.89. The summed E-state index contributed by atoms with van der Waals surface area (Å²) in [6.07, 6.45) is 0. The molecule has 0 spiro atoms. The summed E-state index contributed by atoms with van der Waals surface area (Å²) in [5.74, 6) is -0.450. The number of carbonyl (C=O) groups is 1. The number of sulfonamides is 1. The lowest BCUT2D eigenvalue weighted by molar-refractivity contribution is 0.0597. The zero-order chi connectivity index (χ0) is 13.2. The lowest BCUT2D eigenvalue weighted by atomic mass is 10.1. The molecule has 0 amide bonds. The lowest BCUT2D eigenvalue weighted by Crippen LogP contribution is -2.15. The molecule has 1 aromatic carbocycles. The first-order valence-electron chi connectivity index (χ1n) is 4.61. The van der Waals surface area contributed by atoms with E-state index in [-0.39, 0.29) is 16.2 Å². The first kappa shape index (κ1) is 13.5. The van der Waals surface area contributed by atoms with Gasteiger partial charge in [0.25, 0.3) is 0 Å². The second kappa shape index (κ2) is 4.72. The van der Waals surface area contributed by atoms with Gasteiger partial charge in [0.1, 0.15) is 11.3 Å². The molecule has 6 nitrogen and oxygen atoms in total. The summed E-state index contributed by atoms with van der Waals surface area (Å²) in [6.45, 7) is 1.56. The van der Waals surface area contributed by atoms with Crippen molar-refractivity contribution in [1.29, 1.82) is 0 Å². The molecule has 1 rings (SSSR count). The van der Waals surface area contributed by atoms with Crippen LogP contribution in [0.4, 0.5) is 0 Å². The van der Waals surface area contributed by atoms with Gasteiger partial charge in [-0.3, -0.25) is 0 Å². The third-order valence-corrected chi connectivity index (χ3v) is 3.26. The van der Waals surface area contributed by atoms with Crippen LogP contribution < -0.4 is 9.88 Å². The summed E-state index contributed by atoms with van der Waals surface area (Å²) in [5.41, 5.74) is 0.418. The molecular formula is C10H13NO5S. The standard InChI is InChI=1S/C10H13NO5S/c1-6-4-8(15-2)7(10(12)16-3)5-9(6)17(11,13)14/h4-5H,1-3H3,(H2,11,13,14). The number of nitrogens with two attached hydrogens (primary N) is 1. The molecule has 0 saturated carbocycles. The van der Waals surface area contributed by atoms with E-state index in [1.165, 1.54) is 20.3 Å². The van der Waals surface area contributed by atoms with E-state index in [1.807, 2.05) is 0 Å². The molecule has 0 fully saturated rings. The monoisotopic (exact) mass is 259 g/mol. The molecule has 0 heterocycles. The average Bonchev–Trinajstić information content (AvgIpc) is 2.25. The number of primary sulfonamides is 1. The van der Waals surface area contributed by atoms with Crippen molar-refractivity contribution in [3.63, 3.8) is 0 Å². The van der Waals surface area contributed by atoms with Crippen LogP contribution in [-0.2, 0) is 14.8 Å². The number of rotatable bonds is 3.